The summed E-state index contributed by atoms with van der Waals surface area (Å²) in [5.74, 6) is 2.72. The Balaban J connectivity index is 0.000000127. The maximum atomic E-state index is 12.6. The number of likely N-dealkylation sites (N-methyl/N-ethyl adjacent to an activating group) is 5. The monoisotopic (exact) mass is 2050 g/mol. The lowest BCUT2D eigenvalue weighted by Crippen LogP contribution is -2.43. The minimum Gasteiger partial charge on any atom is -0.490 e. The van der Waals surface area contributed by atoms with Crippen molar-refractivity contribution in [3.8, 4) is 29.4 Å². The fourth-order valence-corrected chi connectivity index (χ4v) is 20.0. The number of Topliss-reactive ketones (excluding diaryl/α,β-unsaturated/α-hetero) is 1. The molecule has 39 nitrogen and oxygen atoms in total. The number of nitrogens with two attached hydrogens (primary N) is 3. The number of pyridine rings is 5. The van der Waals surface area contributed by atoms with Crippen molar-refractivity contribution in [3.63, 3.8) is 0 Å². The molecule has 11 aliphatic rings. The standard InChI is InChI=1S/C23H29N5O3.C22H29N6O3.C22H25N5O3.C21H24ClN5O2.C21H25N5O2/c1-17-15-19(18(16-21(17)30)24-8-13-29)25-22-20-7-3-4-9-27(20)26-23(22)31-14-12-28(2)10-5-6-11-28;1-28(8-4-5-9-28)10-12-31-22-21(19-6-2-3-7-27(19)26-22)25-18-15-20(30-13-11-29)17(24)14-16(18)23;1-27(9-4-5-10-27)11-13-30-22-21(18-6-2-3-8-26(18)25-22)24-16-15-20-17(14-19(16)28)23-7-12-29-20;1-14-13-15(18(23)17(22)20(14)28)24-19-16-7-3-4-8-26(16)25-21(19)29-12-11-27(2)9-5-6-10-27;1-15-13-17(16(22)14-19(15)27)23-20-18-7-3-4-8-25(18)24-21(20)28-12-11-26(2)9-5-6-10-26/h3-4,7,9,15-16,29H,5-6,8,10-14H2,1-2H3;2-3,6-7,14-15,23,29H,4-5,8-13,24H2,1H3;2-3,6,8,14-15H,4-5,7,9-13H2,1H3;3-4,7-8,13H,5-6,9-12H2,1-2H3,(H-,23,28);3-4,7-8,13-14H,5-6,9-12H2,1-2H3,(H-,22,27)/q;+1;;;/p+4. The molecule has 5 aliphatic carbocycles. The number of fused-ring (bicyclic) bond motifs is 6. The maximum Gasteiger partial charge on any atom is 0.260 e. The van der Waals surface area contributed by atoms with E-state index in [1.165, 1.54) is 154 Å². The number of allylic oxidation sites excluding steroid dienone is 13. The second kappa shape index (κ2) is 47.1. The quantitative estimate of drug-likeness (QED) is 0.0114. The molecule has 0 saturated carbocycles. The highest BCUT2D eigenvalue weighted by atomic mass is 35.5. The highest BCUT2D eigenvalue weighted by Gasteiger charge is 2.36. The van der Waals surface area contributed by atoms with Crippen molar-refractivity contribution >= 4 is 125 Å². The van der Waals surface area contributed by atoms with Crippen LogP contribution in [0.15, 0.2) is 263 Å². The van der Waals surface area contributed by atoms with Gasteiger partial charge in [0.2, 0.25) is 11.6 Å². The maximum absolute atomic E-state index is 12.6. The molecular formula is C109H136ClN26O13+5. The Morgan fingerprint density at radius 3 is 1.13 bits per heavy atom. The number of nitrogens with one attached hydrogen (secondary N) is 3. The average Bonchev–Trinajstić information content (AvgIpc) is 1.67. The molecule has 10 aromatic rings. The van der Waals surface area contributed by atoms with Crippen LogP contribution in [0.3, 0.4) is 0 Å². The zero-order valence-corrected chi connectivity index (χ0v) is 86.9. The fourth-order valence-electron chi connectivity index (χ4n) is 19.8. The predicted octanol–water partition coefficient (Wildman–Crippen LogP) is 11.2. The van der Waals surface area contributed by atoms with Gasteiger partial charge < -0.3 is 93.6 Å². The van der Waals surface area contributed by atoms with Crippen LogP contribution in [0.5, 0.6) is 29.4 Å². The van der Waals surface area contributed by atoms with Gasteiger partial charge in [0.15, 0.2) is 40.0 Å². The van der Waals surface area contributed by atoms with Crippen molar-refractivity contribution in [2.24, 2.45) is 42.2 Å². The van der Waals surface area contributed by atoms with Gasteiger partial charge in [0.1, 0.15) is 101 Å². The summed E-state index contributed by atoms with van der Waals surface area (Å²) in [6, 6.07) is 28.8. The van der Waals surface area contributed by atoms with Gasteiger partial charge in [-0.1, -0.05) is 41.9 Å². The number of rotatable bonds is 31. The zero-order valence-electron chi connectivity index (χ0n) is 86.1. The lowest BCUT2D eigenvalue weighted by atomic mass is 10.0. The first-order valence-electron chi connectivity index (χ1n) is 51.3. The van der Waals surface area contributed by atoms with Gasteiger partial charge in [-0.15, -0.1) is 25.5 Å². The Morgan fingerprint density at radius 2 is 0.752 bits per heavy atom. The lowest BCUT2D eigenvalue weighted by Gasteiger charge is -2.28. The molecule has 11 N–H and O–H groups in total. The number of aliphatic hydroxyl groups is 2. The summed E-state index contributed by atoms with van der Waals surface area (Å²) in [7, 11) is 11.4. The number of aromatic nitrogens is 10. The van der Waals surface area contributed by atoms with E-state index in [0.29, 0.717) is 190 Å². The molecule has 6 saturated heterocycles. The molecule has 0 bridgehead atoms. The van der Waals surface area contributed by atoms with Gasteiger partial charge in [0.25, 0.3) is 29.4 Å². The second-order valence-electron chi connectivity index (χ2n) is 40.5. The summed E-state index contributed by atoms with van der Waals surface area (Å²) < 4.78 is 55.4. The van der Waals surface area contributed by atoms with Crippen molar-refractivity contribution in [1.82, 2.24) is 58.7 Å². The molecule has 0 spiro atoms. The largest absolute Gasteiger partial charge is 0.490 e. The van der Waals surface area contributed by atoms with Crippen molar-refractivity contribution in [2.75, 3.05) is 206 Å². The summed E-state index contributed by atoms with van der Waals surface area (Å²) in [6.07, 6.45) is 36.4. The van der Waals surface area contributed by atoms with Crippen LogP contribution in [0.1, 0.15) is 85.0 Å². The number of carbonyl (C=O) groups is 4. The number of hydrogen-bond donors (Lipinski definition) is 8. The topological polar surface area (TPSA) is 448 Å². The summed E-state index contributed by atoms with van der Waals surface area (Å²) in [5.41, 5.74) is 31.4. The minimum absolute atomic E-state index is 0.00542. The van der Waals surface area contributed by atoms with Crippen molar-refractivity contribution in [3.05, 3.63) is 238 Å². The Hall–Kier alpha value is -14.8. The smallest absolute Gasteiger partial charge is 0.260 e. The number of aliphatic hydroxyl groups excluding tert-OH is 2. The highest BCUT2D eigenvalue weighted by Crippen LogP contribution is 2.41. The van der Waals surface area contributed by atoms with E-state index in [1.807, 2.05) is 122 Å². The van der Waals surface area contributed by atoms with E-state index in [9.17, 15) is 24.3 Å². The molecule has 0 atom stereocenters. The second-order valence-corrected chi connectivity index (χ2v) is 40.9. The number of hydrogen-bond acceptors (Lipinski definition) is 29. The minimum atomic E-state index is -0.276. The van der Waals surface area contributed by atoms with Crippen LogP contribution >= 0.6 is 11.6 Å². The molecular weight excluding hydrogens is 1920 g/mol. The van der Waals surface area contributed by atoms with Crippen molar-refractivity contribution in [2.45, 2.75) is 85.0 Å². The van der Waals surface area contributed by atoms with Gasteiger partial charge in [-0.2, -0.15) is 0 Å². The van der Waals surface area contributed by atoms with Gasteiger partial charge in [0, 0.05) is 144 Å². The Morgan fingerprint density at radius 1 is 0.403 bits per heavy atom. The first-order chi connectivity index (χ1) is 71.9. The summed E-state index contributed by atoms with van der Waals surface area (Å²) in [6.45, 7) is 26.1. The number of quaternary nitrogens is 5. The number of morpholine rings is 1. The van der Waals surface area contributed by atoms with Gasteiger partial charge in [-0.25, -0.2) is 47.5 Å². The van der Waals surface area contributed by atoms with Crippen LogP contribution in [-0.4, -0.2) is 344 Å². The number of ether oxygens (including phenoxy) is 7. The number of halogens is 1. The zero-order chi connectivity index (χ0) is 105. The first-order valence-corrected chi connectivity index (χ1v) is 51.7. The van der Waals surface area contributed by atoms with Gasteiger partial charge >= 0.3 is 0 Å². The molecule has 0 amide bonds. The van der Waals surface area contributed by atoms with Crippen LogP contribution in [-0.2, 0) is 28.7 Å². The summed E-state index contributed by atoms with van der Waals surface area (Å²) in [5, 5.41) is 55.6. The van der Waals surface area contributed by atoms with E-state index in [4.69, 9.17) is 92.4 Å². The molecule has 6 aliphatic heterocycles. The van der Waals surface area contributed by atoms with E-state index in [0.717, 1.165) is 82.7 Å². The first kappa shape index (κ1) is 106. The van der Waals surface area contributed by atoms with E-state index in [2.05, 4.69) is 76.4 Å². The molecule has 0 radical (unpaired) electrons. The number of ketones is 4. The van der Waals surface area contributed by atoms with Crippen LogP contribution in [0.25, 0.3) is 27.6 Å². The Bertz CT molecular complexity index is 7230. The molecule has 782 valence electrons. The Kier molecular flexibility index (Phi) is 33.4. The number of likely N-dealkylation sites (tertiary alicyclic amines) is 5. The molecule has 0 unspecified atom stereocenters. The molecule has 10 aromatic heterocycles. The van der Waals surface area contributed by atoms with E-state index >= 15 is 0 Å². The van der Waals surface area contributed by atoms with Crippen LogP contribution in [0, 0.1) is 5.41 Å². The SMILES string of the molecule is CC1=CC(=Nc2c(OCC[N+]3(C)CCCC3)nn3ccccc23)C(N)=C(Cl)C1=O.CC1=CC(=Nc2c(OCC[N+]3(C)CCCC3)nn3ccccc23)C(N)=CC1=O.CC1=CC(=Nc2c(OCC[N+]3(C)CCCC3)nn3ccccc23)C(NCCO)=CC1=O.C[N+]1(CCOc2nn3ccccc3c2N=C2C=C(OCCO)C(N)=CC2=N)CCCC1.C[N+]1(CCOc2nn3ccccc3c2N=C2C=C3OCCNC3=CC2=O)CCCC1. The Labute approximate surface area is 870 Å². The fraction of sp³-hybridized carbons (Fsp3) is 0.404. The summed E-state index contributed by atoms with van der Waals surface area (Å²) >= 11 is 6.11. The average molecular weight is 2050 g/mol. The molecule has 0 aromatic carbocycles. The normalized spacial score (nSPS) is 20.4. The predicted molar refractivity (Wildman–Crippen MR) is 574 cm³/mol. The molecule has 6 fully saturated rings. The molecule has 40 heteroatoms. The van der Waals surface area contributed by atoms with Crippen molar-refractivity contribution in [1.29, 1.82) is 5.41 Å². The van der Waals surface area contributed by atoms with E-state index in [-0.39, 0.29) is 59.4 Å². The van der Waals surface area contributed by atoms with Crippen LogP contribution < -0.4 is 51.5 Å². The third-order valence-electron chi connectivity index (χ3n) is 28.8. The van der Waals surface area contributed by atoms with Gasteiger partial charge in [-0.05, 0) is 117 Å². The highest BCUT2D eigenvalue weighted by molar-refractivity contribution is 6.51. The van der Waals surface area contributed by atoms with Crippen LogP contribution in [0.2, 0.25) is 0 Å². The van der Waals surface area contributed by atoms with Crippen molar-refractivity contribution < 1.29 is 85.0 Å². The van der Waals surface area contributed by atoms with E-state index < -0.39 is 0 Å². The van der Waals surface area contributed by atoms with E-state index in [1.54, 1.807) is 73.7 Å². The number of carbonyl (C=O) groups excluding carboxylic acids is 4. The molecule has 16 heterocycles. The summed E-state index contributed by atoms with van der Waals surface area (Å²) in [4.78, 5) is 72.3. The van der Waals surface area contributed by atoms with Gasteiger partial charge in [-0.3, -0.25) is 24.6 Å². The third kappa shape index (κ3) is 25.6. The number of aliphatic imine (C=N–C) groups is 5. The third-order valence-corrected chi connectivity index (χ3v) is 29.2. The lowest BCUT2D eigenvalue weighted by molar-refractivity contribution is -0.897. The molecule has 149 heavy (non-hydrogen) atoms. The van der Waals surface area contributed by atoms with Crippen LogP contribution in [0.4, 0.5) is 28.4 Å². The van der Waals surface area contributed by atoms with Gasteiger partial charge in [0.05, 0.1) is 199 Å². The molecule has 21 rings (SSSR count). The number of nitrogens with zero attached hydrogens (tertiary/aromatic N) is 20.